The molecule has 19 heavy (non-hydrogen) atoms. The molecule has 0 aromatic heterocycles. The lowest BCUT2D eigenvalue weighted by Gasteiger charge is -2.25. The highest BCUT2D eigenvalue weighted by molar-refractivity contribution is 5.77. The SMILES string of the molecule is CC(C)(C)OC1CC(NC=O)N(C(=O)CC2CC2)C1. The fourth-order valence-corrected chi connectivity index (χ4v) is 2.58. The summed E-state index contributed by atoms with van der Waals surface area (Å²) in [6.45, 7) is 6.59. The molecule has 108 valence electrons. The molecule has 5 nitrogen and oxygen atoms in total. The Morgan fingerprint density at radius 2 is 2.11 bits per heavy atom. The number of likely N-dealkylation sites (tertiary alicyclic amines) is 1. The normalized spacial score (nSPS) is 27.4. The van der Waals surface area contributed by atoms with Gasteiger partial charge in [-0.25, -0.2) is 0 Å². The number of nitrogens with one attached hydrogen (secondary N) is 1. The minimum atomic E-state index is -0.230. The fraction of sp³-hybridized carbons (Fsp3) is 0.857. The van der Waals surface area contributed by atoms with E-state index in [0.717, 1.165) is 12.8 Å². The Labute approximate surface area is 114 Å². The van der Waals surface area contributed by atoms with Gasteiger partial charge in [0, 0.05) is 19.4 Å². The van der Waals surface area contributed by atoms with Crippen molar-refractivity contribution in [3.63, 3.8) is 0 Å². The van der Waals surface area contributed by atoms with Crippen LogP contribution in [0.15, 0.2) is 0 Å². The largest absolute Gasteiger partial charge is 0.371 e. The van der Waals surface area contributed by atoms with Crippen molar-refractivity contribution in [3.05, 3.63) is 0 Å². The van der Waals surface area contributed by atoms with Crippen LogP contribution in [-0.2, 0) is 14.3 Å². The Morgan fingerprint density at radius 3 is 2.63 bits per heavy atom. The van der Waals surface area contributed by atoms with Gasteiger partial charge in [0.25, 0.3) is 0 Å². The molecule has 1 saturated heterocycles. The van der Waals surface area contributed by atoms with Crippen LogP contribution in [0.5, 0.6) is 0 Å². The number of nitrogens with zero attached hydrogens (tertiary/aromatic N) is 1. The Hall–Kier alpha value is -1.10. The molecule has 1 saturated carbocycles. The minimum absolute atomic E-state index is 0.000558. The van der Waals surface area contributed by atoms with E-state index in [-0.39, 0.29) is 23.8 Å². The quantitative estimate of drug-likeness (QED) is 0.764. The first-order valence-electron chi connectivity index (χ1n) is 7.06. The van der Waals surface area contributed by atoms with Gasteiger partial charge in [-0.05, 0) is 39.5 Å². The van der Waals surface area contributed by atoms with Crippen molar-refractivity contribution in [2.45, 2.75) is 64.3 Å². The van der Waals surface area contributed by atoms with E-state index in [0.29, 0.717) is 31.7 Å². The maximum absolute atomic E-state index is 12.2. The van der Waals surface area contributed by atoms with Crippen molar-refractivity contribution in [1.82, 2.24) is 10.2 Å². The second kappa shape index (κ2) is 5.49. The van der Waals surface area contributed by atoms with Gasteiger partial charge >= 0.3 is 0 Å². The van der Waals surface area contributed by atoms with Gasteiger partial charge in [0.15, 0.2) is 0 Å². The molecule has 2 atom stereocenters. The van der Waals surface area contributed by atoms with Crippen LogP contribution in [0.25, 0.3) is 0 Å². The average molecular weight is 268 g/mol. The molecular weight excluding hydrogens is 244 g/mol. The third-order valence-electron chi connectivity index (χ3n) is 3.52. The summed E-state index contributed by atoms with van der Waals surface area (Å²) in [5, 5.41) is 2.73. The first kappa shape index (κ1) is 14.3. The van der Waals surface area contributed by atoms with E-state index < -0.39 is 0 Å². The van der Waals surface area contributed by atoms with Gasteiger partial charge < -0.3 is 15.0 Å². The van der Waals surface area contributed by atoms with E-state index in [1.807, 2.05) is 20.8 Å². The summed E-state index contributed by atoms with van der Waals surface area (Å²) in [6.07, 6.45) is 4.06. The maximum atomic E-state index is 12.2. The Balaban J connectivity index is 1.94. The lowest BCUT2D eigenvalue weighted by atomic mass is 10.1. The number of ether oxygens (including phenoxy) is 1. The van der Waals surface area contributed by atoms with Crippen molar-refractivity contribution in [2.75, 3.05) is 6.54 Å². The van der Waals surface area contributed by atoms with Gasteiger partial charge in [0.1, 0.15) is 6.17 Å². The standard InChI is InChI=1S/C14H24N2O3/c1-14(2,3)19-11-7-12(15-9-17)16(8-11)13(18)6-10-4-5-10/h9-12H,4-8H2,1-3H3,(H,15,17). The number of carbonyl (C=O) groups is 2. The first-order valence-corrected chi connectivity index (χ1v) is 7.06. The van der Waals surface area contributed by atoms with E-state index in [1.54, 1.807) is 4.90 Å². The predicted octanol–water partition coefficient (Wildman–Crippen LogP) is 1.27. The fourth-order valence-electron chi connectivity index (χ4n) is 2.58. The van der Waals surface area contributed by atoms with Crippen LogP contribution in [0.1, 0.15) is 46.5 Å². The third-order valence-corrected chi connectivity index (χ3v) is 3.52. The van der Waals surface area contributed by atoms with Crippen molar-refractivity contribution in [1.29, 1.82) is 0 Å². The van der Waals surface area contributed by atoms with E-state index in [4.69, 9.17) is 4.74 Å². The second-order valence-corrected chi connectivity index (χ2v) is 6.58. The molecule has 2 rings (SSSR count). The monoisotopic (exact) mass is 268 g/mol. The number of amides is 2. The molecule has 2 amide bonds. The number of hydrogen-bond donors (Lipinski definition) is 1. The van der Waals surface area contributed by atoms with Crippen molar-refractivity contribution in [3.8, 4) is 0 Å². The van der Waals surface area contributed by atoms with Crippen LogP contribution in [0.4, 0.5) is 0 Å². The van der Waals surface area contributed by atoms with Crippen LogP contribution in [0, 0.1) is 5.92 Å². The highest BCUT2D eigenvalue weighted by atomic mass is 16.5. The van der Waals surface area contributed by atoms with Crippen molar-refractivity contribution < 1.29 is 14.3 Å². The summed E-state index contributed by atoms with van der Waals surface area (Å²) < 4.78 is 5.93. The summed E-state index contributed by atoms with van der Waals surface area (Å²) in [4.78, 5) is 24.6. The Bertz CT molecular complexity index is 347. The highest BCUT2D eigenvalue weighted by Crippen LogP contribution is 2.34. The summed E-state index contributed by atoms with van der Waals surface area (Å²) in [5.74, 6) is 0.703. The molecular formula is C14H24N2O3. The zero-order valence-corrected chi connectivity index (χ0v) is 12.0. The minimum Gasteiger partial charge on any atom is -0.371 e. The smallest absolute Gasteiger partial charge is 0.224 e. The van der Waals surface area contributed by atoms with Crippen molar-refractivity contribution >= 4 is 12.3 Å². The van der Waals surface area contributed by atoms with E-state index in [9.17, 15) is 9.59 Å². The van der Waals surface area contributed by atoms with Gasteiger partial charge in [0.2, 0.25) is 12.3 Å². The first-order chi connectivity index (χ1) is 8.89. The van der Waals surface area contributed by atoms with E-state index >= 15 is 0 Å². The van der Waals surface area contributed by atoms with E-state index in [1.165, 1.54) is 0 Å². The molecule has 1 aliphatic carbocycles. The molecule has 2 fully saturated rings. The predicted molar refractivity (Wildman–Crippen MR) is 71.3 cm³/mol. The molecule has 0 aromatic rings. The molecule has 0 aromatic carbocycles. The lowest BCUT2D eigenvalue weighted by molar-refractivity contribution is -0.134. The van der Waals surface area contributed by atoms with Gasteiger partial charge in [0.05, 0.1) is 11.7 Å². The molecule has 2 aliphatic rings. The highest BCUT2D eigenvalue weighted by Gasteiger charge is 2.38. The Morgan fingerprint density at radius 1 is 1.42 bits per heavy atom. The molecule has 1 aliphatic heterocycles. The molecule has 0 radical (unpaired) electrons. The van der Waals surface area contributed by atoms with Gasteiger partial charge in [-0.3, -0.25) is 9.59 Å². The van der Waals surface area contributed by atoms with Gasteiger partial charge in [-0.1, -0.05) is 0 Å². The number of carbonyl (C=O) groups excluding carboxylic acids is 2. The molecule has 2 unspecified atom stereocenters. The van der Waals surface area contributed by atoms with E-state index in [2.05, 4.69) is 5.32 Å². The van der Waals surface area contributed by atoms with Crippen LogP contribution in [0.3, 0.4) is 0 Å². The van der Waals surface area contributed by atoms with Gasteiger partial charge in [-0.15, -0.1) is 0 Å². The molecule has 1 heterocycles. The topological polar surface area (TPSA) is 58.6 Å². The van der Waals surface area contributed by atoms with Crippen LogP contribution in [0.2, 0.25) is 0 Å². The second-order valence-electron chi connectivity index (χ2n) is 6.58. The summed E-state index contributed by atoms with van der Waals surface area (Å²) in [5.41, 5.74) is -0.230. The average Bonchev–Trinajstić information content (AvgIpc) is 2.99. The maximum Gasteiger partial charge on any atom is 0.224 e. The Kier molecular flexibility index (Phi) is 4.13. The number of hydrogen-bond acceptors (Lipinski definition) is 3. The summed E-state index contributed by atoms with van der Waals surface area (Å²) in [6, 6.07) is 0. The molecule has 1 N–H and O–H groups in total. The van der Waals surface area contributed by atoms with Crippen molar-refractivity contribution in [2.24, 2.45) is 5.92 Å². The van der Waals surface area contributed by atoms with Crippen LogP contribution >= 0.6 is 0 Å². The zero-order valence-electron chi connectivity index (χ0n) is 12.0. The molecule has 5 heteroatoms. The van der Waals surface area contributed by atoms with Gasteiger partial charge in [-0.2, -0.15) is 0 Å². The summed E-state index contributed by atoms with van der Waals surface area (Å²) in [7, 11) is 0. The van der Waals surface area contributed by atoms with Crippen LogP contribution < -0.4 is 5.32 Å². The number of rotatable bonds is 5. The van der Waals surface area contributed by atoms with Crippen LogP contribution in [-0.4, -0.2) is 41.6 Å². The zero-order chi connectivity index (χ0) is 14.0. The third kappa shape index (κ3) is 4.20. The molecule has 0 spiro atoms. The lowest BCUT2D eigenvalue weighted by Crippen LogP contribution is -2.44. The summed E-state index contributed by atoms with van der Waals surface area (Å²) >= 11 is 0. The molecule has 0 bridgehead atoms.